The van der Waals surface area contributed by atoms with E-state index in [1.165, 1.54) is 37.4 Å². The predicted octanol–water partition coefficient (Wildman–Crippen LogP) is 3.50. The number of hydrogen-bond acceptors (Lipinski definition) is 4. The topological polar surface area (TPSA) is 68.8 Å². The lowest BCUT2D eigenvalue weighted by Gasteiger charge is -2.29. The molecule has 0 atom stereocenters. The Bertz CT molecular complexity index is 770. The van der Waals surface area contributed by atoms with E-state index >= 15 is 0 Å². The van der Waals surface area contributed by atoms with Crippen LogP contribution in [-0.2, 0) is 0 Å². The van der Waals surface area contributed by atoms with E-state index in [9.17, 15) is 18.0 Å². The van der Waals surface area contributed by atoms with Gasteiger partial charge in [-0.1, -0.05) is 24.3 Å². The molecular weight excluding hydrogens is 341 g/mol. The summed E-state index contributed by atoms with van der Waals surface area (Å²) in [7, 11) is 1.37. The number of carbonyl (C=O) groups excluding carboxylic acids is 1. The van der Waals surface area contributed by atoms with Crippen molar-refractivity contribution in [2.45, 2.75) is 12.1 Å². The molecule has 3 rings (SSSR count). The van der Waals surface area contributed by atoms with Crippen LogP contribution in [0, 0.1) is 0 Å². The number of carbonyl (C=O) groups is 1. The lowest BCUT2D eigenvalue weighted by molar-refractivity contribution is -0.317. The second kappa shape index (κ2) is 6.08. The zero-order chi connectivity index (χ0) is 18.1. The van der Waals surface area contributed by atoms with Gasteiger partial charge in [0.1, 0.15) is 5.75 Å². The second-order valence-electron chi connectivity index (χ2n) is 5.04. The van der Waals surface area contributed by atoms with Gasteiger partial charge in [0.2, 0.25) is 0 Å². The van der Waals surface area contributed by atoms with E-state index < -0.39 is 18.1 Å². The molecule has 0 unspecified atom stereocenters. The zero-order valence-corrected chi connectivity index (χ0v) is 12.9. The van der Waals surface area contributed by atoms with Gasteiger partial charge in [0.05, 0.1) is 12.8 Å². The third-order valence-corrected chi connectivity index (χ3v) is 3.36. The van der Waals surface area contributed by atoms with Crippen molar-refractivity contribution in [3.05, 3.63) is 48.5 Å². The minimum absolute atomic E-state index is 0.127. The van der Waals surface area contributed by atoms with Crippen molar-refractivity contribution < 1.29 is 32.2 Å². The zero-order valence-electron chi connectivity index (χ0n) is 12.9. The van der Waals surface area contributed by atoms with E-state index in [0.717, 1.165) is 0 Å². The molecule has 0 saturated carbocycles. The molecule has 1 aliphatic heterocycles. The summed E-state index contributed by atoms with van der Waals surface area (Å²) < 4.78 is 55.3. The monoisotopic (exact) mass is 354 g/mol. The minimum atomic E-state index is -5.02. The van der Waals surface area contributed by atoms with Crippen molar-refractivity contribution in [2.24, 2.45) is 0 Å². The smallest absolute Gasteiger partial charge is 0.492 e. The lowest BCUT2D eigenvalue weighted by atomic mass is 10.3. The number of halogens is 3. The molecule has 0 saturated heterocycles. The van der Waals surface area contributed by atoms with Gasteiger partial charge in [0.15, 0.2) is 11.5 Å². The Morgan fingerprint density at radius 2 is 1.60 bits per heavy atom. The van der Waals surface area contributed by atoms with Crippen molar-refractivity contribution >= 4 is 11.7 Å². The number of alkyl halides is 3. The van der Waals surface area contributed by atoms with Crippen LogP contribution in [0.25, 0.3) is 0 Å². The maximum Gasteiger partial charge on any atom is 0.492 e. The highest BCUT2D eigenvalue weighted by molar-refractivity contribution is 5.91. The summed E-state index contributed by atoms with van der Waals surface area (Å²) in [6, 6.07) is 10.7. The van der Waals surface area contributed by atoms with Crippen LogP contribution in [0.4, 0.5) is 23.7 Å². The number of fused-ring (bicyclic) bond motifs is 1. The third kappa shape index (κ3) is 3.12. The summed E-state index contributed by atoms with van der Waals surface area (Å²) in [5.41, 5.74) is 0.190. The highest BCUT2D eigenvalue weighted by Crippen LogP contribution is 2.44. The fourth-order valence-electron chi connectivity index (χ4n) is 2.24. The van der Waals surface area contributed by atoms with Crippen molar-refractivity contribution in [2.75, 3.05) is 12.4 Å². The molecule has 0 aliphatic carbocycles. The first-order valence-corrected chi connectivity index (χ1v) is 7.10. The molecule has 0 fully saturated rings. The first-order valence-electron chi connectivity index (χ1n) is 7.10. The average Bonchev–Trinajstić information content (AvgIpc) is 2.94. The number of benzene rings is 2. The number of anilines is 1. The Morgan fingerprint density at radius 3 is 2.16 bits per heavy atom. The van der Waals surface area contributed by atoms with Crippen molar-refractivity contribution in [1.82, 2.24) is 5.32 Å². The van der Waals surface area contributed by atoms with E-state index in [2.05, 4.69) is 5.32 Å². The third-order valence-electron chi connectivity index (χ3n) is 3.36. The second-order valence-corrected chi connectivity index (χ2v) is 5.04. The molecule has 25 heavy (non-hydrogen) atoms. The average molecular weight is 354 g/mol. The van der Waals surface area contributed by atoms with Crippen LogP contribution in [0.15, 0.2) is 48.5 Å². The van der Waals surface area contributed by atoms with Gasteiger partial charge in [-0.3, -0.25) is 5.32 Å². The normalized spacial score (nSPS) is 14.7. The molecule has 2 aromatic carbocycles. The van der Waals surface area contributed by atoms with E-state index in [4.69, 9.17) is 14.2 Å². The summed E-state index contributed by atoms with van der Waals surface area (Å²) >= 11 is 0. The van der Waals surface area contributed by atoms with E-state index in [-0.39, 0.29) is 22.9 Å². The summed E-state index contributed by atoms with van der Waals surface area (Å²) in [6.45, 7) is 0. The molecule has 9 heteroatoms. The lowest BCUT2D eigenvalue weighted by Crippen LogP contribution is -2.65. The van der Waals surface area contributed by atoms with Crippen molar-refractivity contribution in [3.63, 3.8) is 0 Å². The van der Waals surface area contributed by atoms with Crippen molar-refractivity contribution in [1.29, 1.82) is 0 Å². The fourth-order valence-corrected chi connectivity index (χ4v) is 2.24. The van der Waals surface area contributed by atoms with Gasteiger partial charge in [0, 0.05) is 0 Å². The molecule has 1 heterocycles. The number of nitrogens with one attached hydrogen (secondary N) is 2. The summed E-state index contributed by atoms with van der Waals surface area (Å²) in [6.07, 6.45) is -5.02. The van der Waals surface area contributed by atoms with Crippen LogP contribution in [0.1, 0.15) is 0 Å². The Morgan fingerprint density at radius 1 is 1.04 bits per heavy atom. The number of rotatable bonds is 3. The van der Waals surface area contributed by atoms with Crippen LogP contribution < -0.4 is 24.8 Å². The molecule has 6 nitrogen and oxygen atoms in total. The largest absolute Gasteiger partial charge is 0.495 e. The SMILES string of the molecule is COc1ccccc1NC(=O)NC1(C(F)(F)F)Oc2ccccc2O1. The number of hydrogen-bond donors (Lipinski definition) is 2. The number of para-hydroxylation sites is 4. The van der Waals surface area contributed by atoms with E-state index in [0.29, 0.717) is 0 Å². The van der Waals surface area contributed by atoms with Crippen LogP contribution in [0.3, 0.4) is 0 Å². The first kappa shape index (κ1) is 16.7. The van der Waals surface area contributed by atoms with Crippen LogP contribution in [0.2, 0.25) is 0 Å². The first-order chi connectivity index (χ1) is 11.8. The van der Waals surface area contributed by atoms with Crippen LogP contribution >= 0.6 is 0 Å². The molecule has 2 N–H and O–H groups in total. The van der Waals surface area contributed by atoms with Gasteiger partial charge in [0.25, 0.3) is 0 Å². The molecule has 2 amide bonds. The minimum Gasteiger partial charge on any atom is -0.495 e. The Balaban J connectivity index is 1.82. The molecule has 0 aromatic heterocycles. The number of urea groups is 1. The standard InChI is InChI=1S/C16H13F3N2O4/c1-23-11-7-3-2-6-10(11)20-14(22)21-16(15(17,18)19)24-12-8-4-5-9-13(12)25-16/h2-9H,1H3,(H2,20,21,22). The molecule has 0 radical (unpaired) electrons. The highest BCUT2D eigenvalue weighted by Gasteiger charge is 2.65. The quantitative estimate of drug-likeness (QED) is 0.885. The Labute approximate surface area is 140 Å². The Kier molecular flexibility index (Phi) is 4.07. The van der Waals surface area contributed by atoms with Gasteiger partial charge in [-0.05, 0) is 24.3 Å². The van der Waals surface area contributed by atoms with Gasteiger partial charge < -0.3 is 19.5 Å². The molecule has 1 aliphatic rings. The van der Waals surface area contributed by atoms with E-state index in [1.54, 1.807) is 23.5 Å². The highest BCUT2D eigenvalue weighted by atomic mass is 19.4. The summed E-state index contributed by atoms with van der Waals surface area (Å²) in [5.74, 6) is -3.28. The number of ether oxygens (including phenoxy) is 3. The summed E-state index contributed by atoms with van der Waals surface area (Å²) in [5, 5.41) is 3.98. The maximum absolute atomic E-state index is 13.5. The Hall–Kier alpha value is -3.10. The predicted molar refractivity (Wildman–Crippen MR) is 81.6 cm³/mol. The van der Waals surface area contributed by atoms with Gasteiger partial charge in [-0.2, -0.15) is 13.2 Å². The van der Waals surface area contributed by atoms with Gasteiger partial charge in [-0.25, -0.2) is 4.79 Å². The van der Waals surface area contributed by atoms with Crippen molar-refractivity contribution in [3.8, 4) is 17.2 Å². The van der Waals surface area contributed by atoms with Gasteiger partial charge >= 0.3 is 18.1 Å². The molecular formula is C16H13F3N2O4. The molecule has 0 bridgehead atoms. The molecule has 2 aromatic rings. The fraction of sp³-hybridized carbons (Fsp3) is 0.188. The molecule has 132 valence electrons. The van der Waals surface area contributed by atoms with Crippen LogP contribution in [0.5, 0.6) is 17.2 Å². The van der Waals surface area contributed by atoms with Gasteiger partial charge in [-0.15, -0.1) is 0 Å². The summed E-state index contributed by atoms with van der Waals surface area (Å²) in [4.78, 5) is 12.1. The number of amides is 2. The van der Waals surface area contributed by atoms with Crippen LogP contribution in [-0.4, -0.2) is 25.2 Å². The molecule has 0 spiro atoms. The number of methoxy groups -OCH3 is 1. The van der Waals surface area contributed by atoms with E-state index in [1.807, 2.05) is 0 Å². The maximum atomic E-state index is 13.5.